The molecule has 0 bridgehead atoms. The lowest BCUT2D eigenvalue weighted by atomic mass is 9.97. The highest BCUT2D eigenvalue weighted by Crippen LogP contribution is 2.15. The van der Waals surface area contributed by atoms with Gasteiger partial charge in [-0.05, 0) is 114 Å². The number of amides is 15. The van der Waals surface area contributed by atoms with Crippen molar-refractivity contribution < 1.29 is 102 Å². The lowest BCUT2D eigenvalue weighted by Crippen LogP contribution is -2.63. The summed E-state index contributed by atoms with van der Waals surface area (Å²) in [5.41, 5.74) is 34.3. The van der Waals surface area contributed by atoms with Crippen LogP contribution in [0.5, 0.6) is 0 Å². The van der Waals surface area contributed by atoms with Crippen molar-refractivity contribution in [3.63, 3.8) is 0 Å². The zero-order valence-corrected chi connectivity index (χ0v) is 70.7. The number of carboxylic acids is 1. The van der Waals surface area contributed by atoms with Gasteiger partial charge in [-0.15, -0.1) is 0 Å². The van der Waals surface area contributed by atoms with E-state index in [4.69, 9.17) is 50.6 Å². The Bertz CT molecular complexity index is 3890. The molecule has 0 saturated heterocycles. The third-order valence-corrected chi connectivity index (χ3v) is 19.1. The molecule has 0 spiro atoms. The first kappa shape index (κ1) is 108. The normalized spacial score (nSPS) is 15.1. The van der Waals surface area contributed by atoms with Gasteiger partial charge in [-0.1, -0.05) is 94.8 Å². The zero-order chi connectivity index (χ0) is 93.5. The fourth-order valence-corrected chi connectivity index (χ4v) is 12.0. The van der Waals surface area contributed by atoms with Gasteiger partial charge in [0.1, 0.15) is 78.5 Å². The number of carbonyl (C=O) groups is 16. The monoisotopic (exact) mass is 1750 g/mol. The second-order valence-electron chi connectivity index (χ2n) is 30.1. The van der Waals surface area contributed by atoms with E-state index in [0.717, 1.165) is 13.8 Å². The van der Waals surface area contributed by atoms with E-state index in [1.807, 2.05) is 0 Å². The molecule has 0 radical (unpaired) electrons. The van der Waals surface area contributed by atoms with E-state index in [9.17, 15) is 102 Å². The molecule has 17 atom stereocenters. The van der Waals surface area contributed by atoms with Crippen LogP contribution in [0.25, 0.3) is 0 Å². The summed E-state index contributed by atoms with van der Waals surface area (Å²) >= 11 is 0. The molecule has 0 aliphatic rings. The first-order valence-corrected chi connectivity index (χ1v) is 40.5. The van der Waals surface area contributed by atoms with Gasteiger partial charge in [0.25, 0.3) is 0 Å². The van der Waals surface area contributed by atoms with Crippen molar-refractivity contribution in [3.8, 4) is 0 Å². The number of hydrogen-bond donors (Lipinski definition) is 31. The number of rotatable bonds is 59. The topological polar surface area (TPSA) is 806 Å². The molecule has 0 heterocycles. The van der Waals surface area contributed by atoms with Gasteiger partial charge in [0.15, 0.2) is 17.9 Å². The molecule has 47 heteroatoms. The lowest BCUT2D eigenvalue weighted by Gasteiger charge is -2.29. The Morgan fingerprint density at radius 3 is 1.20 bits per heavy atom. The summed E-state index contributed by atoms with van der Waals surface area (Å²) in [6.07, 6.45) is -3.98. The predicted octanol–water partition coefficient (Wildman–Crippen LogP) is -10.0. The fourth-order valence-electron chi connectivity index (χ4n) is 12.0. The number of benzene rings is 2. The number of aliphatic hydroxyl groups is 4. The molecule has 2 aromatic rings. The Morgan fingerprint density at radius 2 is 0.750 bits per heavy atom. The van der Waals surface area contributed by atoms with Crippen LogP contribution in [0.4, 0.5) is 0 Å². The van der Waals surface area contributed by atoms with Crippen molar-refractivity contribution >= 4 is 112 Å². The molecular formula is C77H128N26O21. The summed E-state index contributed by atoms with van der Waals surface area (Å²) in [6, 6.07) is -6.41. The number of aliphatic carboxylic acids is 1. The van der Waals surface area contributed by atoms with E-state index >= 15 is 0 Å². The first-order chi connectivity index (χ1) is 58.5. The number of unbranched alkanes of at least 4 members (excludes halogenated alkanes) is 1. The second-order valence-corrected chi connectivity index (χ2v) is 30.1. The fraction of sp³-hybridized carbons (Fsp3) is 0.597. The van der Waals surface area contributed by atoms with Crippen LogP contribution in [0, 0.1) is 28.1 Å². The number of aliphatic hydroxyl groups excluding tert-OH is 4. The van der Waals surface area contributed by atoms with Gasteiger partial charge in [0.05, 0.1) is 44.4 Å². The van der Waals surface area contributed by atoms with Gasteiger partial charge in [-0.3, -0.25) is 88.1 Å². The lowest BCUT2D eigenvalue weighted by molar-refractivity contribution is -0.142. The Morgan fingerprint density at radius 1 is 0.387 bits per heavy atom. The average Bonchev–Trinajstić information content (AvgIpc) is 0.847. The first-order valence-electron chi connectivity index (χ1n) is 40.5. The van der Waals surface area contributed by atoms with E-state index in [1.54, 1.807) is 88.4 Å². The Kier molecular flexibility index (Phi) is 49.5. The summed E-state index contributed by atoms with van der Waals surface area (Å²) in [6.45, 7) is 7.32. The average molecular weight is 1750 g/mol. The highest BCUT2D eigenvalue weighted by Gasteiger charge is 2.40. The van der Waals surface area contributed by atoms with Crippen LogP contribution in [-0.4, -0.2) is 281 Å². The van der Waals surface area contributed by atoms with Crippen molar-refractivity contribution in [2.45, 2.75) is 235 Å². The van der Waals surface area contributed by atoms with Crippen molar-refractivity contribution in [2.24, 2.45) is 46.2 Å². The minimum absolute atomic E-state index is 0.0105. The zero-order valence-electron chi connectivity index (χ0n) is 70.7. The van der Waals surface area contributed by atoms with E-state index < -0.39 is 241 Å². The van der Waals surface area contributed by atoms with Gasteiger partial charge in [-0.25, -0.2) is 4.79 Å². The summed E-state index contributed by atoms with van der Waals surface area (Å²) in [7, 11) is 0. The Balaban J connectivity index is 2.42. The molecule has 2 rings (SSSR count). The van der Waals surface area contributed by atoms with E-state index in [-0.39, 0.29) is 103 Å². The Hall–Kier alpha value is -12.5. The number of carbonyl (C=O) groups excluding carboxylic acids is 15. The van der Waals surface area contributed by atoms with Gasteiger partial charge in [-0.2, -0.15) is 0 Å². The maximum absolute atomic E-state index is 14.6. The van der Waals surface area contributed by atoms with E-state index in [2.05, 4.69) is 90.4 Å². The third-order valence-electron chi connectivity index (χ3n) is 19.1. The molecule has 0 aliphatic carbocycles. The molecule has 692 valence electrons. The van der Waals surface area contributed by atoms with Crippen molar-refractivity contribution in [2.75, 3.05) is 45.9 Å². The molecule has 37 N–H and O–H groups in total. The molecule has 15 amide bonds. The number of hydrogen-bond acceptors (Lipinski definition) is 25. The number of carboxylic acid groups (broad SMARTS) is 1. The highest BCUT2D eigenvalue weighted by atomic mass is 16.4. The van der Waals surface area contributed by atoms with Gasteiger partial charge >= 0.3 is 5.97 Å². The van der Waals surface area contributed by atoms with Crippen LogP contribution in [0.3, 0.4) is 0 Å². The summed E-state index contributed by atoms with van der Waals surface area (Å²) < 4.78 is 0. The molecule has 0 fully saturated rings. The predicted molar refractivity (Wildman–Crippen MR) is 450 cm³/mol. The molecule has 0 saturated carbocycles. The summed E-state index contributed by atoms with van der Waals surface area (Å²) in [5.74, 6) is -19.8. The number of primary amides is 1. The molecule has 0 aliphatic heterocycles. The van der Waals surface area contributed by atoms with Crippen molar-refractivity contribution in [1.29, 1.82) is 16.2 Å². The van der Waals surface area contributed by atoms with Gasteiger partial charge < -0.3 is 150 Å². The second kappa shape index (κ2) is 57.0. The SMILES string of the molecule is CC[C@H](C)[C@H](NC(=O)[C@H](CO)NC(=O)[C@@H](NC(=O)[C@@H](N)CCCNC(=N)N)[C@@H](C)O)C(=O)N[C@@H](CCCNC(=N)N)C(=O)N[C@@H](C)C(=O)N[C@@H](CO)C(=O)N[C@@H](CC(C)C)C(=O)N[C@H](C(=O)N[C@@H](Cc1ccccc1)C(=O)N[C@@H](CC(N)=O)C(=O)N[C@@H](CCCNC(=N)N)C(=O)NCC(=O)N[C@@H](Cc1ccccc1)C(=O)N[C@@H](CCCCN)C(=O)O)[C@@H](C)O. The standard InChI is InChI=1S/C77H128N26O21/c1-8-40(4)58(101-70(119)55(38-105)100-73(122)59(42(6)106)102-62(111)46(79)24-17-29-87-75(81)82)71(120)94-48(27-19-31-89-77(85)86)64(113)91-41(5)61(110)99-54(37-104)69(118)96-50(32-39(2)3)68(117)103-60(43(7)107)72(121)98-52(34-45-22-13-10-14-23-45)66(115)97-53(35-56(80)108)67(116)93-47(26-18-30-88-76(83)84)63(112)90-36-57(109)92-51(33-44-20-11-9-12-21-44)65(114)95-49(74(123)124)25-15-16-28-78/h9-14,20-23,39-43,46-55,58-60,104-107H,8,15-19,24-38,78-79H2,1-7H3,(H2,80,108)(H,90,112)(H,91,113)(H,92,109)(H,93,116)(H,94,120)(H,95,114)(H,96,118)(H,97,115)(H,98,121)(H,99,110)(H,100,122)(H,101,119)(H,102,111)(H,103,117)(H,123,124)(H4,81,82,87)(H4,83,84,88)(H4,85,86,89)/t40-,41-,42+,43+,46-,47-,48-,49-,50-,51-,52-,53-,54-,55-,58-,59-,60-/m0/s1. The molecule has 124 heavy (non-hydrogen) atoms. The van der Waals surface area contributed by atoms with Crippen LogP contribution >= 0.6 is 0 Å². The number of nitrogens with one attached hydrogen (secondary N) is 20. The van der Waals surface area contributed by atoms with Crippen LogP contribution in [0.2, 0.25) is 0 Å². The molecule has 47 nitrogen and oxygen atoms in total. The molecule has 0 unspecified atom stereocenters. The van der Waals surface area contributed by atoms with Gasteiger partial charge in [0, 0.05) is 32.5 Å². The minimum Gasteiger partial charge on any atom is -0.480 e. The van der Waals surface area contributed by atoms with Crippen molar-refractivity contribution in [3.05, 3.63) is 71.8 Å². The third kappa shape index (κ3) is 41.4. The quantitative estimate of drug-likeness (QED) is 0.0166. The molecular weight excluding hydrogens is 1630 g/mol. The van der Waals surface area contributed by atoms with Crippen LogP contribution in [0.15, 0.2) is 60.7 Å². The summed E-state index contributed by atoms with van der Waals surface area (Å²) in [5, 5.41) is 116. The molecule has 0 aromatic heterocycles. The Labute approximate surface area is 717 Å². The number of guanidine groups is 3. The van der Waals surface area contributed by atoms with Crippen LogP contribution < -0.4 is 125 Å². The maximum atomic E-state index is 14.6. The van der Waals surface area contributed by atoms with E-state index in [0.29, 0.717) is 24.0 Å². The smallest absolute Gasteiger partial charge is 0.326 e. The van der Waals surface area contributed by atoms with Crippen LogP contribution in [-0.2, 0) is 89.6 Å². The van der Waals surface area contributed by atoms with Crippen molar-refractivity contribution in [1.82, 2.24) is 90.4 Å². The van der Waals surface area contributed by atoms with E-state index in [1.165, 1.54) is 6.92 Å². The summed E-state index contributed by atoms with van der Waals surface area (Å²) in [4.78, 5) is 221. The van der Waals surface area contributed by atoms with Gasteiger partial charge in [0.2, 0.25) is 88.6 Å². The highest BCUT2D eigenvalue weighted by molar-refractivity contribution is 6.01. The maximum Gasteiger partial charge on any atom is 0.326 e. The number of nitrogens with two attached hydrogens (primary N) is 6. The van der Waals surface area contributed by atoms with Crippen LogP contribution in [0.1, 0.15) is 137 Å². The molecule has 2 aromatic carbocycles. The largest absolute Gasteiger partial charge is 0.480 e. The minimum atomic E-state index is -1.96.